The Hall–Kier alpha value is -1.98. The number of hydrogen-bond acceptors (Lipinski definition) is 4. The first-order chi connectivity index (χ1) is 10.4. The summed E-state index contributed by atoms with van der Waals surface area (Å²) in [4.78, 5) is 32.1. The van der Waals surface area contributed by atoms with Crippen LogP contribution in [-0.4, -0.2) is 35.1 Å². The highest BCUT2D eigenvalue weighted by Gasteiger charge is 2.22. The van der Waals surface area contributed by atoms with E-state index in [-0.39, 0.29) is 12.8 Å². The Kier molecular flexibility index (Phi) is 7.49. The molecule has 0 aliphatic heterocycles. The van der Waals surface area contributed by atoms with Gasteiger partial charge in [-0.05, 0) is 24.0 Å². The Balaban J connectivity index is 2.33. The maximum atomic E-state index is 11.8. The first-order valence-electron chi connectivity index (χ1n) is 6.79. The van der Waals surface area contributed by atoms with Crippen molar-refractivity contribution < 1.29 is 23.8 Å². The molecule has 8 heteroatoms. The number of ether oxygens (including phenoxy) is 1. The lowest BCUT2D eigenvalue weighted by Gasteiger charge is -2.16. The van der Waals surface area contributed by atoms with Gasteiger partial charge in [-0.25, -0.2) is 4.79 Å². The molecule has 0 spiro atoms. The molecule has 2 unspecified atom stereocenters. The van der Waals surface area contributed by atoms with Crippen molar-refractivity contribution in [3.63, 3.8) is 0 Å². The molecule has 7 nitrogen and oxygen atoms in total. The third kappa shape index (κ3) is 7.15. The second kappa shape index (κ2) is 9.12. The third-order valence-electron chi connectivity index (χ3n) is 2.76. The summed E-state index contributed by atoms with van der Waals surface area (Å²) in [5.74, 6) is -0.444. The molecule has 1 rings (SSSR count). The number of alkyl carbamates (subject to hydrolysis) is 1. The van der Waals surface area contributed by atoms with Crippen LogP contribution in [0.3, 0.4) is 0 Å². The molecule has 120 valence electrons. The van der Waals surface area contributed by atoms with E-state index in [1.165, 1.54) is 6.92 Å². The molecule has 2 amide bonds. The van der Waals surface area contributed by atoms with Gasteiger partial charge in [0.1, 0.15) is 12.6 Å². The smallest absolute Gasteiger partial charge is 0.445 e. The van der Waals surface area contributed by atoms with E-state index in [9.17, 15) is 14.2 Å². The molecule has 0 heterocycles. The van der Waals surface area contributed by atoms with Gasteiger partial charge >= 0.3 is 14.1 Å². The van der Waals surface area contributed by atoms with Gasteiger partial charge in [0.05, 0.1) is 6.04 Å². The first-order valence-corrected chi connectivity index (χ1v) is 8.19. The van der Waals surface area contributed by atoms with E-state index < -0.39 is 32.1 Å². The van der Waals surface area contributed by atoms with E-state index in [2.05, 4.69) is 10.6 Å². The Bertz CT molecular complexity index is 523. The van der Waals surface area contributed by atoms with E-state index in [1.54, 1.807) is 6.92 Å². The standard InChI is InChI=1S/C14H19N2O5P/c1-10(9-22(19)20)15-13(17)11(2)16-14(18)21-8-12-6-4-3-5-7-12/h3-7,10-11H,8-9H2,1-2H3,(H2-,15,16,17,18,19,20)/p+1/t10?,11-/m0/s1. The monoisotopic (exact) mass is 327 g/mol. The minimum absolute atomic E-state index is 0.0355. The topological polar surface area (TPSA) is 105 Å². The SMILES string of the molecule is CC(C[P+](=O)O)NC(=O)[C@H](C)NC(=O)OCc1ccccc1. The van der Waals surface area contributed by atoms with Crippen LogP contribution in [0, 0.1) is 0 Å². The van der Waals surface area contributed by atoms with Crippen molar-refractivity contribution >= 4 is 20.0 Å². The zero-order valence-corrected chi connectivity index (χ0v) is 13.4. The van der Waals surface area contributed by atoms with Crippen LogP contribution in [0.5, 0.6) is 0 Å². The summed E-state index contributed by atoms with van der Waals surface area (Å²) in [5, 5.41) is 4.94. The van der Waals surface area contributed by atoms with E-state index >= 15 is 0 Å². The number of carbonyl (C=O) groups excluding carboxylic acids is 2. The number of rotatable bonds is 7. The molecular formula is C14H20N2O5P+. The van der Waals surface area contributed by atoms with Crippen molar-refractivity contribution in [1.29, 1.82) is 0 Å². The summed E-state index contributed by atoms with van der Waals surface area (Å²) >= 11 is 0. The van der Waals surface area contributed by atoms with E-state index in [1.807, 2.05) is 30.3 Å². The van der Waals surface area contributed by atoms with Gasteiger partial charge in [-0.15, -0.1) is 0 Å². The van der Waals surface area contributed by atoms with Crippen LogP contribution in [0.4, 0.5) is 4.79 Å². The maximum absolute atomic E-state index is 11.8. The van der Waals surface area contributed by atoms with Crippen LogP contribution in [-0.2, 0) is 20.7 Å². The molecule has 0 bridgehead atoms. The lowest BCUT2D eigenvalue weighted by Crippen LogP contribution is -2.48. The van der Waals surface area contributed by atoms with E-state index in [0.29, 0.717) is 0 Å². The Morgan fingerprint density at radius 1 is 1.23 bits per heavy atom. The summed E-state index contributed by atoms with van der Waals surface area (Å²) in [6.07, 6.45) is -0.737. The molecule has 1 aromatic rings. The average molecular weight is 327 g/mol. The summed E-state index contributed by atoms with van der Waals surface area (Å²) in [5.41, 5.74) is 0.843. The highest BCUT2D eigenvalue weighted by atomic mass is 31.1. The quantitative estimate of drug-likeness (QED) is 0.659. The molecule has 0 saturated heterocycles. The zero-order chi connectivity index (χ0) is 16.5. The van der Waals surface area contributed by atoms with E-state index in [0.717, 1.165) is 5.56 Å². The van der Waals surface area contributed by atoms with Gasteiger partial charge in [0.2, 0.25) is 5.91 Å². The van der Waals surface area contributed by atoms with Crippen molar-refractivity contribution in [2.24, 2.45) is 0 Å². The fourth-order valence-electron chi connectivity index (χ4n) is 1.65. The fraction of sp³-hybridized carbons (Fsp3) is 0.429. The minimum Gasteiger partial charge on any atom is -0.445 e. The second-order valence-electron chi connectivity index (χ2n) is 4.87. The lowest BCUT2D eigenvalue weighted by molar-refractivity contribution is -0.123. The Morgan fingerprint density at radius 2 is 1.86 bits per heavy atom. The molecule has 0 fully saturated rings. The molecule has 3 atom stereocenters. The molecule has 0 aliphatic carbocycles. The maximum Gasteiger partial charge on any atom is 0.507 e. The van der Waals surface area contributed by atoms with Crippen molar-refractivity contribution in [2.45, 2.75) is 32.5 Å². The highest BCUT2D eigenvalue weighted by molar-refractivity contribution is 7.38. The molecular weight excluding hydrogens is 307 g/mol. The fourth-order valence-corrected chi connectivity index (χ4v) is 2.21. The molecule has 0 aliphatic rings. The van der Waals surface area contributed by atoms with Gasteiger partial charge in [-0.1, -0.05) is 30.3 Å². The second-order valence-corrected chi connectivity index (χ2v) is 5.94. The molecule has 0 saturated carbocycles. The normalized spacial score (nSPS) is 13.7. The van der Waals surface area contributed by atoms with Gasteiger partial charge in [-0.2, -0.15) is 4.89 Å². The van der Waals surface area contributed by atoms with Crippen molar-refractivity contribution in [3.8, 4) is 0 Å². The Labute approximate surface area is 129 Å². The summed E-state index contributed by atoms with van der Waals surface area (Å²) in [6.45, 7) is 3.23. The van der Waals surface area contributed by atoms with Crippen LogP contribution in [0.1, 0.15) is 19.4 Å². The third-order valence-corrected chi connectivity index (χ3v) is 3.62. The largest absolute Gasteiger partial charge is 0.507 e. The number of amides is 2. The molecule has 1 aromatic carbocycles. The first kappa shape index (κ1) is 18.1. The van der Waals surface area contributed by atoms with Gasteiger partial charge in [0.25, 0.3) is 0 Å². The predicted molar refractivity (Wildman–Crippen MR) is 81.5 cm³/mol. The van der Waals surface area contributed by atoms with Gasteiger partial charge in [0, 0.05) is 0 Å². The van der Waals surface area contributed by atoms with Crippen LogP contribution in [0.2, 0.25) is 0 Å². The minimum atomic E-state index is -2.31. The van der Waals surface area contributed by atoms with Crippen molar-refractivity contribution in [1.82, 2.24) is 10.6 Å². The summed E-state index contributed by atoms with van der Waals surface area (Å²) in [6, 6.07) is 7.91. The van der Waals surface area contributed by atoms with Gasteiger partial charge in [0.15, 0.2) is 6.16 Å². The van der Waals surface area contributed by atoms with E-state index in [4.69, 9.17) is 9.63 Å². The zero-order valence-electron chi connectivity index (χ0n) is 12.5. The molecule has 0 aromatic heterocycles. The van der Waals surface area contributed by atoms with Crippen molar-refractivity contribution in [3.05, 3.63) is 35.9 Å². The molecule has 3 N–H and O–H groups in total. The van der Waals surface area contributed by atoms with Gasteiger partial charge in [-0.3, -0.25) is 4.79 Å². The predicted octanol–water partition coefficient (Wildman–Crippen LogP) is 1.54. The van der Waals surface area contributed by atoms with Crippen LogP contribution in [0.25, 0.3) is 0 Å². The number of hydrogen-bond donors (Lipinski definition) is 3. The molecule has 22 heavy (non-hydrogen) atoms. The number of carbonyl (C=O) groups is 2. The number of benzene rings is 1. The van der Waals surface area contributed by atoms with Crippen LogP contribution < -0.4 is 10.6 Å². The average Bonchev–Trinajstić information content (AvgIpc) is 2.45. The lowest BCUT2D eigenvalue weighted by atomic mass is 10.2. The highest BCUT2D eigenvalue weighted by Crippen LogP contribution is 2.13. The Morgan fingerprint density at radius 3 is 2.45 bits per heavy atom. The van der Waals surface area contributed by atoms with Crippen LogP contribution in [0.15, 0.2) is 30.3 Å². The van der Waals surface area contributed by atoms with Crippen LogP contribution >= 0.6 is 8.03 Å². The van der Waals surface area contributed by atoms with Gasteiger partial charge < -0.3 is 15.4 Å². The molecule has 0 radical (unpaired) electrons. The summed E-state index contributed by atoms with van der Waals surface area (Å²) in [7, 11) is -2.31. The van der Waals surface area contributed by atoms with Crippen molar-refractivity contribution in [2.75, 3.05) is 6.16 Å². The summed E-state index contributed by atoms with van der Waals surface area (Å²) < 4.78 is 15.7. The number of nitrogens with one attached hydrogen (secondary N) is 2.